The molecule has 13 heavy (non-hydrogen) atoms. The fourth-order valence-corrected chi connectivity index (χ4v) is 1.04. The van der Waals surface area contributed by atoms with E-state index in [1.54, 1.807) is 0 Å². The van der Waals surface area contributed by atoms with Crippen LogP contribution in [0.25, 0.3) is 0 Å². The highest BCUT2D eigenvalue weighted by Gasteiger charge is 2.14. The largest absolute Gasteiger partial charge is 0.481 e. The molecule has 0 amide bonds. The highest BCUT2D eigenvalue weighted by molar-refractivity contribution is 5.69. The second-order valence-corrected chi connectivity index (χ2v) is 3.33. The molecule has 5 heteroatoms. The molecule has 0 fully saturated rings. The molecular formula is C8H12N2O3. The number of carboxylic acids is 1. The van der Waals surface area contributed by atoms with E-state index in [1.165, 1.54) is 0 Å². The van der Waals surface area contributed by atoms with Crippen LogP contribution < -0.4 is 0 Å². The lowest BCUT2D eigenvalue weighted by atomic mass is 10.1. The summed E-state index contributed by atoms with van der Waals surface area (Å²) in [6.45, 7) is 4.05. The normalized spacial score (nSPS) is 10.7. The minimum atomic E-state index is -0.916. The van der Waals surface area contributed by atoms with Gasteiger partial charge < -0.3 is 5.11 Å². The van der Waals surface area contributed by atoms with Crippen molar-refractivity contribution in [3.63, 3.8) is 0 Å². The van der Waals surface area contributed by atoms with Gasteiger partial charge in [0.15, 0.2) is 0 Å². The first-order chi connectivity index (χ1) is 6.09. The summed E-state index contributed by atoms with van der Waals surface area (Å²) < 4.78 is 4.48. The van der Waals surface area contributed by atoms with E-state index in [2.05, 4.69) is 14.9 Å². The number of nitrogens with zero attached hydrogens (tertiary/aromatic N) is 2. The third-order valence-corrected chi connectivity index (χ3v) is 1.56. The van der Waals surface area contributed by atoms with Crippen molar-refractivity contribution >= 4 is 5.97 Å². The van der Waals surface area contributed by atoms with Crippen LogP contribution in [0.5, 0.6) is 0 Å². The molecule has 5 nitrogen and oxygen atoms in total. The smallest absolute Gasteiger partial charge is 0.309 e. The average Bonchev–Trinajstić information content (AvgIpc) is 2.34. The maximum absolute atomic E-state index is 10.4. The van der Waals surface area contributed by atoms with Gasteiger partial charge in [0.1, 0.15) is 11.4 Å². The fourth-order valence-electron chi connectivity index (χ4n) is 1.04. The molecule has 0 radical (unpaired) electrons. The van der Waals surface area contributed by atoms with Crippen LogP contribution in [0.2, 0.25) is 0 Å². The van der Waals surface area contributed by atoms with Crippen molar-refractivity contribution in [2.45, 2.75) is 26.7 Å². The molecule has 0 aliphatic heterocycles. The molecule has 0 saturated carbocycles. The summed E-state index contributed by atoms with van der Waals surface area (Å²) >= 11 is 0. The Balaban J connectivity index is 2.71. The van der Waals surface area contributed by atoms with Crippen molar-refractivity contribution in [3.8, 4) is 0 Å². The molecular weight excluding hydrogens is 172 g/mol. The van der Waals surface area contributed by atoms with Gasteiger partial charge in [-0.2, -0.15) is 0 Å². The molecule has 0 spiro atoms. The van der Waals surface area contributed by atoms with Gasteiger partial charge in [0.2, 0.25) is 0 Å². The first kappa shape index (κ1) is 9.70. The van der Waals surface area contributed by atoms with Crippen LogP contribution in [-0.4, -0.2) is 21.4 Å². The zero-order chi connectivity index (χ0) is 9.84. The Morgan fingerprint density at radius 3 is 2.62 bits per heavy atom. The predicted octanol–water partition coefficient (Wildman–Crippen LogP) is 0.895. The fraction of sp³-hybridized carbons (Fsp3) is 0.625. The molecule has 0 unspecified atom stereocenters. The molecule has 0 aromatic carbocycles. The summed E-state index contributed by atoms with van der Waals surface area (Å²) in [6.07, 6.45) is 0.581. The summed E-state index contributed by atoms with van der Waals surface area (Å²) in [4.78, 5) is 10.4. The Bertz CT molecular complexity index is 293. The number of hydrogen-bond donors (Lipinski definition) is 1. The maximum atomic E-state index is 10.4. The Hall–Kier alpha value is -1.39. The quantitative estimate of drug-likeness (QED) is 0.752. The minimum Gasteiger partial charge on any atom is -0.481 e. The third kappa shape index (κ3) is 2.85. The molecule has 0 aliphatic rings. The van der Waals surface area contributed by atoms with Gasteiger partial charge in [-0.05, 0) is 12.3 Å². The highest BCUT2D eigenvalue weighted by Crippen LogP contribution is 2.09. The SMILES string of the molecule is CC(C)Cc1nonc1CC(=O)O. The number of carbonyl (C=O) groups is 1. The minimum absolute atomic E-state index is 0.119. The summed E-state index contributed by atoms with van der Waals surface area (Å²) in [5.74, 6) is -0.500. The van der Waals surface area contributed by atoms with Crippen LogP contribution in [0.15, 0.2) is 4.63 Å². The first-order valence-corrected chi connectivity index (χ1v) is 4.11. The van der Waals surface area contributed by atoms with Gasteiger partial charge in [0.05, 0.1) is 6.42 Å². The molecule has 1 heterocycles. The van der Waals surface area contributed by atoms with Gasteiger partial charge in [-0.15, -0.1) is 0 Å². The molecule has 1 rings (SSSR count). The molecule has 1 aromatic rings. The third-order valence-electron chi connectivity index (χ3n) is 1.56. The van der Waals surface area contributed by atoms with E-state index in [4.69, 9.17) is 5.11 Å². The Kier molecular flexibility index (Phi) is 3.00. The van der Waals surface area contributed by atoms with Gasteiger partial charge in [0.25, 0.3) is 0 Å². The number of carboxylic acid groups (broad SMARTS) is 1. The Morgan fingerprint density at radius 2 is 2.08 bits per heavy atom. The van der Waals surface area contributed by atoms with Gasteiger partial charge in [0, 0.05) is 0 Å². The number of hydrogen-bond acceptors (Lipinski definition) is 4. The van der Waals surface area contributed by atoms with Crippen molar-refractivity contribution < 1.29 is 14.5 Å². The first-order valence-electron chi connectivity index (χ1n) is 4.11. The van der Waals surface area contributed by atoms with Gasteiger partial charge >= 0.3 is 5.97 Å². The Labute approximate surface area is 75.7 Å². The van der Waals surface area contributed by atoms with Gasteiger partial charge in [-0.1, -0.05) is 24.2 Å². The lowest BCUT2D eigenvalue weighted by Crippen LogP contribution is -2.05. The van der Waals surface area contributed by atoms with Crippen molar-refractivity contribution in [2.24, 2.45) is 5.92 Å². The van der Waals surface area contributed by atoms with Crippen LogP contribution in [0.4, 0.5) is 0 Å². The topological polar surface area (TPSA) is 76.2 Å². The molecule has 0 aliphatic carbocycles. The predicted molar refractivity (Wildman–Crippen MR) is 44.2 cm³/mol. The Morgan fingerprint density at radius 1 is 1.46 bits per heavy atom. The molecule has 0 atom stereocenters. The van der Waals surface area contributed by atoms with E-state index in [1.807, 2.05) is 13.8 Å². The monoisotopic (exact) mass is 184 g/mol. The molecule has 1 aromatic heterocycles. The van der Waals surface area contributed by atoms with Crippen molar-refractivity contribution in [1.82, 2.24) is 10.3 Å². The van der Waals surface area contributed by atoms with E-state index >= 15 is 0 Å². The lowest BCUT2D eigenvalue weighted by molar-refractivity contribution is -0.136. The number of aromatic nitrogens is 2. The average molecular weight is 184 g/mol. The number of aliphatic carboxylic acids is 1. The van der Waals surface area contributed by atoms with Crippen LogP contribution >= 0.6 is 0 Å². The van der Waals surface area contributed by atoms with Crippen molar-refractivity contribution in [1.29, 1.82) is 0 Å². The zero-order valence-corrected chi connectivity index (χ0v) is 7.65. The summed E-state index contributed by atoms with van der Waals surface area (Å²) in [7, 11) is 0. The van der Waals surface area contributed by atoms with E-state index < -0.39 is 5.97 Å². The lowest BCUT2D eigenvalue weighted by Gasteiger charge is -1.99. The zero-order valence-electron chi connectivity index (χ0n) is 7.65. The van der Waals surface area contributed by atoms with Crippen LogP contribution in [0.3, 0.4) is 0 Å². The van der Waals surface area contributed by atoms with E-state index in [0.29, 0.717) is 23.7 Å². The number of rotatable bonds is 4. The van der Waals surface area contributed by atoms with Crippen LogP contribution in [-0.2, 0) is 17.6 Å². The highest BCUT2D eigenvalue weighted by atomic mass is 16.6. The standard InChI is InChI=1S/C8H12N2O3/c1-5(2)3-6-7(4-8(11)12)10-13-9-6/h5H,3-4H2,1-2H3,(H,11,12). The summed E-state index contributed by atoms with van der Waals surface area (Å²) in [6, 6.07) is 0. The van der Waals surface area contributed by atoms with Gasteiger partial charge in [-0.25, -0.2) is 4.63 Å². The van der Waals surface area contributed by atoms with E-state index in [9.17, 15) is 4.79 Å². The van der Waals surface area contributed by atoms with Crippen molar-refractivity contribution in [2.75, 3.05) is 0 Å². The molecule has 1 N–H and O–H groups in total. The molecule has 0 bridgehead atoms. The molecule has 72 valence electrons. The molecule has 0 saturated heterocycles. The second-order valence-electron chi connectivity index (χ2n) is 3.33. The van der Waals surface area contributed by atoms with E-state index in [0.717, 1.165) is 0 Å². The van der Waals surface area contributed by atoms with Crippen LogP contribution in [0, 0.1) is 5.92 Å². The van der Waals surface area contributed by atoms with Crippen LogP contribution in [0.1, 0.15) is 25.2 Å². The summed E-state index contributed by atoms with van der Waals surface area (Å²) in [5, 5.41) is 15.7. The van der Waals surface area contributed by atoms with Gasteiger partial charge in [-0.3, -0.25) is 4.79 Å². The summed E-state index contributed by atoms with van der Waals surface area (Å²) in [5.41, 5.74) is 1.08. The maximum Gasteiger partial charge on any atom is 0.309 e. The van der Waals surface area contributed by atoms with Crippen molar-refractivity contribution in [3.05, 3.63) is 11.4 Å². The van der Waals surface area contributed by atoms with E-state index in [-0.39, 0.29) is 6.42 Å². The second kappa shape index (κ2) is 4.02.